The molecular formula is C19H20FN5O. The molecule has 6 nitrogen and oxygen atoms in total. The van der Waals surface area contributed by atoms with E-state index < -0.39 is 6.10 Å². The Morgan fingerprint density at radius 3 is 2.62 bits per heavy atom. The van der Waals surface area contributed by atoms with Crippen molar-refractivity contribution in [3.63, 3.8) is 0 Å². The third-order valence-electron chi connectivity index (χ3n) is 4.46. The minimum absolute atomic E-state index is 0.0270. The summed E-state index contributed by atoms with van der Waals surface area (Å²) in [4.78, 5) is 9.05. The molecule has 4 rings (SSSR count). The van der Waals surface area contributed by atoms with Crippen molar-refractivity contribution in [3.8, 4) is 0 Å². The van der Waals surface area contributed by atoms with Crippen LogP contribution in [0.15, 0.2) is 48.5 Å². The first-order valence-electron chi connectivity index (χ1n) is 8.58. The Hall–Kier alpha value is -2.61. The number of hydrogen-bond donors (Lipinski definition) is 4. The average Bonchev–Trinajstić information content (AvgIpc) is 3.06. The van der Waals surface area contributed by atoms with Gasteiger partial charge in [0, 0.05) is 11.4 Å². The van der Waals surface area contributed by atoms with E-state index in [0.29, 0.717) is 17.4 Å². The lowest BCUT2D eigenvalue weighted by atomic mass is 10.1. The van der Waals surface area contributed by atoms with Gasteiger partial charge in [-0.3, -0.25) is 5.43 Å². The Bertz CT molecular complexity index is 917. The summed E-state index contributed by atoms with van der Waals surface area (Å²) in [7, 11) is 0. The molecule has 0 bridgehead atoms. The van der Waals surface area contributed by atoms with E-state index in [2.05, 4.69) is 33.1 Å². The van der Waals surface area contributed by atoms with Crippen molar-refractivity contribution in [1.82, 2.24) is 20.8 Å². The van der Waals surface area contributed by atoms with Gasteiger partial charge in [0.25, 0.3) is 0 Å². The number of aliphatic hydroxyl groups is 1. The van der Waals surface area contributed by atoms with Crippen LogP contribution in [0.4, 0.5) is 10.2 Å². The van der Waals surface area contributed by atoms with E-state index in [1.807, 2.05) is 24.3 Å². The number of aromatic nitrogens is 2. The molecule has 1 aliphatic rings. The molecule has 0 spiro atoms. The second-order valence-electron chi connectivity index (χ2n) is 6.52. The van der Waals surface area contributed by atoms with E-state index in [4.69, 9.17) is 0 Å². The number of rotatable bonds is 4. The topological polar surface area (TPSA) is 82.1 Å². The molecule has 2 heterocycles. The van der Waals surface area contributed by atoms with Crippen molar-refractivity contribution in [2.24, 2.45) is 0 Å². The molecule has 4 N–H and O–H groups in total. The molecule has 0 saturated carbocycles. The van der Waals surface area contributed by atoms with Crippen LogP contribution >= 0.6 is 0 Å². The summed E-state index contributed by atoms with van der Waals surface area (Å²) < 4.78 is 13.1. The fourth-order valence-corrected chi connectivity index (χ4v) is 3.10. The molecule has 2 aromatic carbocycles. The van der Waals surface area contributed by atoms with Crippen LogP contribution in [0.25, 0.3) is 10.9 Å². The number of nitrogens with zero attached hydrogens (tertiary/aromatic N) is 2. The Morgan fingerprint density at radius 1 is 1.12 bits per heavy atom. The van der Waals surface area contributed by atoms with Gasteiger partial charge < -0.3 is 10.4 Å². The van der Waals surface area contributed by atoms with Crippen molar-refractivity contribution in [3.05, 3.63) is 65.7 Å². The molecule has 134 valence electrons. The average molecular weight is 353 g/mol. The molecule has 0 amide bonds. The zero-order valence-corrected chi connectivity index (χ0v) is 14.3. The molecule has 3 aromatic rings. The number of nitrogens with one attached hydrogen (secondary N) is 3. The molecule has 0 radical (unpaired) electrons. The smallest absolute Gasteiger partial charge is 0.164 e. The van der Waals surface area contributed by atoms with Gasteiger partial charge in [-0.05, 0) is 43.2 Å². The van der Waals surface area contributed by atoms with Gasteiger partial charge in [-0.1, -0.05) is 24.3 Å². The molecule has 0 aliphatic carbocycles. The van der Waals surface area contributed by atoms with Gasteiger partial charge in [-0.25, -0.2) is 19.8 Å². The first-order valence-corrected chi connectivity index (χ1v) is 8.58. The molecule has 1 aliphatic heterocycles. The highest BCUT2D eigenvalue weighted by atomic mass is 19.1. The zero-order chi connectivity index (χ0) is 18.1. The number of hydrogen-bond acceptors (Lipinski definition) is 6. The highest BCUT2D eigenvalue weighted by Gasteiger charge is 2.22. The summed E-state index contributed by atoms with van der Waals surface area (Å²) in [6.07, 6.45) is -0.109. The van der Waals surface area contributed by atoms with Crippen LogP contribution in [0.2, 0.25) is 0 Å². The van der Waals surface area contributed by atoms with Crippen LogP contribution in [0.5, 0.6) is 0 Å². The molecule has 7 heteroatoms. The third-order valence-corrected chi connectivity index (χ3v) is 4.46. The number of hydrazine groups is 1. The minimum Gasteiger partial charge on any atom is -0.380 e. The number of fused-ring (bicyclic) bond motifs is 1. The Balaban J connectivity index is 1.72. The van der Waals surface area contributed by atoms with E-state index in [9.17, 15) is 9.50 Å². The van der Waals surface area contributed by atoms with Crippen molar-refractivity contribution in [1.29, 1.82) is 0 Å². The summed E-state index contributed by atoms with van der Waals surface area (Å²) in [5, 5.41) is 14.9. The van der Waals surface area contributed by atoms with E-state index >= 15 is 0 Å². The molecule has 1 saturated heterocycles. The van der Waals surface area contributed by atoms with Gasteiger partial charge >= 0.3 is 0 Å². The normalized spacial score (nSPS) is 21.0. The number of halogens is 1. The second kappa shape index (κ2) is 6.95. The number of para-hydroxylation sites is 1. The molecular weight excluding hydrogens is 333 g/mol. The Morgan fingerprint density at radius 2 is 1.88 bits per heavy atom. The molecule has 2 unspecified atom stereocenters. The minimum atomic E-state index is -1.03. The third kappa shape index (κ3) is 3.37. The highest BCUT2D eigenvalue weighted by Crippen LogP contribution is 2.26. The van der Waals surface area contributed by atoms with Crippen LogP contribution in [0.1, 0.15) is 30.8 Å². The first-order chi connectivity index (χ1) is 12.6. The van der Waals surface area contributed by atoms with Crippen LogP contribution in [0, 0.1) is 5.82 Å². The molecule has 3 atom stereocenters. The SMILES string of the molecule is CC1CC(Nc2nc([C@H](O)c3ccc(F)cc3)nc3ccccc23)NN1. The standard InChI is InChI=1S/C19H20FN5O/c1-11-10-16(25-24-11)22-18-14-4-2-3-5-15(14)21-19(23-18)17(26)12-6-8-13(20)9-7-12/h2-9,11,16-17,24-26H,10H2,1H3,(H,21,22,23)/t11?,16?,17-/m1/s1. The lowest BCUT2D eigenvalue weighted by Gasteiger charge is -2.17. The molecule has 1 fully saturated rings. The van der Waals surface area contributed by atoms with E-state index in [-0.39, 0.29) is 17.8 Å². The van der Waals surface area contributed by atoms with Crippen molar-refractivity contribution in [2.45, 2.75) is 31.7 Å². The second-order valence-corrected chi connectivity index (χ2v) is 6.52. The van der Waals surface area contributed by atoms with E-state index in [1.54, 1.807) is 0 Å². The van der Waals surface area contributed by atoms with Crippen molar-refractivity contribution in [2.75, 3.05) is 5.32 Å². The van der Waals surface area contributed by atoms with Gasteiger partial charge in [0.05, 0.1) is 11.7 Å². The maximum absolute atomic E-state index is 13.1. The van der Waals surface area contributed by atoms with Crippen LogP contribution in [0.3, 0.4) is 0 Å². The van der Waals surface area contributed by atoms with Crippen LogP contribution in [-0.2, 0) is 0 Å². The van der Waals surface area contributed by atoms with Gasteiger partial charge in [0.1, 0.15) is 17.7 Å². The summed E-state index contributed by atoms with van der Waals surface area (Å²) in [5.74, 6) is 0.577. The summed E-state index contributed by atoms with van der Waals surface area (Å²) in [6.45, 7) is 2.09. The number of anilines is 1. The first kappa shape index (κ1) is 16.8. The Labute approximate surface area is 150 Å². The number of aliphatic hydroxyl groups excluding tert-OH is 1. The van der Waals surface area contributed by atoms with E-state index in [0.717, 1.165) is 17.3 Å². The zero-order valence-electron chi connectivity index (χ0n) is 14.3. The van der Waals surface area contributed by atoms with Crippen molar-refractivity contribution >= 4 is 16.7 Å². The molecule has 1 aromatic heterocycles. The summed E-state index contributed by atoms with van der Waals surface area (Å²) >= 11 is 0. The van der Waals surface area contributed by atoms with Gasteiger partial charge in [0.2, 0.25) is 0 Å². The predicted molar refractivity (Wildman–Crippen MR) is 97.8 cm³/mol. The quantitative estimate of drug-likeness (QED) is 0.577. The maximum Gasteiger partial charge on any atom is 0.164 e. The largest absolute Gasteiger partial charge is 0.380 e. The fourth-order valence-electron chi connectivity index (χ4n) is 3.10. The van der Waals surface area contributed by atoms with Gasteiger partial charge in [0.15, 0.2) is 5.82 Å². The summed E-state index contributed by atoms with van der Waals surface area (Å²) in [6, 6.07) is 13.7. The monoisotopic (exact) mass is 353 g/mol. The maximum atomic E-state index is 13.1. The predicted octanol–water partition coefficient (Wildman–Crippen LogP) is 2.47. The van der Waals surface area contributed by atoms with Crippen molar-refractivity contribution < 1.29 is 9.50 Å². The lowest BCUT2D eigenvalue weighted by molar-refractivity contribution is 0.210. The van der Waals surface area contributed by atoms with Gasteiger partial charge in [-0.15, -0.1) is 0 Å². The Kier molecular flexibility index (Phi) is 4.50. The fraction of sp³-hybridized carbons (Fsp3) is 0.263. The van der Waals surface area contributed by atoms with Crippen LogP contribution < -0.4 is 16.2 Å². The summed E-state index contributed by atoms with van der Waals surface area (Å²) in [5.41, 5.74) is 7.63. The van der Waals surface area contributed by atoms with Gasteiger partial charge in [-0.2, -0.15) is 0 Å². The highest BCUT2D eigenvalue weighted by molar-refractivity contribution is 5.89. The van der Waals surface area contributed by atoms with Crippen LogP contribution in [-0.4, -0.2) is 27.3 Å². The lowest BCUT2D eigenvalue weighted by Crippen LogP contribution is -2.36. The van der Waals surface area contributed by atoms with E-state index in [1.165, 1.54) is 24.3 Å². The molecule has 26 heavy (non-hydrogen) atoms. The number of benzene rings is 2.